The van der Waals surface area contributed by atoms with Gasteiger partial charge in [-0.3, -0.25) is 4.79 Å². The maximum absolute atomic E-state index is 13.2. The Morgan fingerprint density at radius 1 is 1.26 bits per heavy atom. The number of aromatic nitrogens is 2. The van der Waals surface area contributed by atoms with Crippen LogP contribution in [0.3, 0.4) is 0 Å². The van der Waals surface area contributed by atoms with Crippen molar-refractivity contribution in [1.82, 2.24) is 14.9 Å². The van der Waals surface area contributed by atoms with Gasteiger partial charge in [0, 0.05) is 19.5 Å². The van der Waals surface area contributed by atoms with Crippen LogP contribution in [0.5, 0.6) is 0 Å². The highest BCUT2D eigenvalue weighted by Crippen LogP contribution is 2.12. The minimum absolute atomic E-state index is 0.0373. The fraction of sp³-hybridized carbons (Fsp3) is 0.222. The van der Waals surface area contributed by atoms with Crippen molar-refractivity contribution in [3.63, 3.8) is 0 Å². The van der Waals surface area contributed by atoms with Gasteiger partial charge in [-0.05, 0) is 36.2 Å². The number of benzene rings is 2. The molecule has 1 heterocycles. The third-order valence-corrected chi connectivity index (χ3v) is 3.82. The number of para-hydroxylation sites is 2. The van der Waals surface area contributed by atoms with E-state index in [1.54, 1.807) is 25.4 Å². The highest BCUT2D eigenvalue weighted by atomic mass is 19.1. The predicted molar refractivity (Wildman–Crippen MR) is 87.3 cm³/mol. The van der Waals surface area contributed by atoms with Crippen LogP contribution in [0, 0.1) is 12.7 Å². The van der Waals surface area contributed by atoms with Crippen molar-refractivity contribution in [1.29, 1.82) is 0 Å². The molecule has 0 spiro atoms. The van der Waals surface area contributed by atoms with Gasteiger partial charge in [0.25, 0.3) is 0 Å². The molecule has 0 bridgehead atoms. The zero-order valence-electron chi connectivity index (χ0n) is 12.9. The second-order valence-electron chi connectivity index (χ2n) is 5.54. The molecule has 3 aromatic rings. The molecule has 0 aliphatic heterocycles. The van der Waals surface area contributed by atoms with Gasteiger partial charge in [0.2, 0.25) is 5.91 Å². The maximum atomic E-state index is 13.2. The molecule has 0 saturated heterocycles. The molecule has 4 nitrogen and oxygen atoms in total. The monoisotopic (exact) mass is 311 g/mol. The molecule has 0 atom stereocenters. The van der Waals surface area contributed by atoms with Gasteiger partial charge < -0.3 is 9.88 Å². The molecular weight excluding hydrogens is 293 g/mol. The summed E-state index contributed by atoms with van der Waals surface area (Å²) in [7, 11) is 0. The van der Waals surface area contributed by atoms with Crippen LogP contribution >= 0.6 is 0 Å². The minimum atomic E-state index is -0.230. The van der Waals surface area contributed by atoms with E-state index in [4.69, 9.17) is 0 Å². The number of aryl methyl sites for hydroxylation is 2. The van der Waals surface area contributed by atoms with Crippen molar-refractivity contribution in [3.05, 3.63) is 65.7 Å². The number of imidazole rings is 1. The van der Waals surface area contributed by atoms with Crippen LogP contribution in [0.15, 0.2) is 48.8 Å². The molecule has 0 unspecified atom stereocenters. The number of hydrogen-bond donors (Lipinski definition) is 1. The summed E-state index contributed by atoms with van der Waals surface area (Å²) in [6.07, 6.45) is 2.13. The zero-order chi connectivity index (χ0) is 16.2. The number of nitrogens with zero attached hydrogens (tertiary/aromatic N) is 2. The van der Waals surface area contributed by atoms with Gasteiger partial charge in [0.15, 0.2) is 0 Å². The Bertz CT molecular complexity index is 841. The lowest BCUT2D eigenvalue weighted by Crippen LogP contribution is -2.23. The fourth-order valence-electron chi connectivity index (χ4n) is 2.52. The van der Waals surface area contributed by atoms with Crippen molar-refractivity contribution < 1.29 is 9.18 Å². The van der Waals surface area contributed by atoms with Gasteiger partial charge in [-0.1, -0.05) is 24.3 Å². The first-order chi connectivity index (χ1) is 11.1. The lowest BCUT2D eigenvalue weighted by atomic mass is 10.1. The Morgan fingerprint density at radius 2 is 2.09 bits per heavy atom. The van der Waals surface area contributed by atoms with Gasteiger partial charge in [0.05, 0.1) is 17.4 Å². The van der Waals surface area contributed by atoms with Gasteiger partial charge in [0.1, 0.15) is 5.82 Å². The minimum Gasteiger partial charge on any atom is -0.352 e. The standard InChI is InChI=1S/C18H18FN3O/c1-13-10-14(6-7-15(13)19)11-20-18(23)8-9-22-12-21-16-4-2-3-5-17(16)22/h2-7,10,12H,8-9,11H2,1H3,(H,20,23). The lowest BCUT2D eigenvalue weighted by molar-refractivity contribution is -0.121. The molecule has 1 aromatic heterocycles. The second-order valence-corrected chi connectivity index (χ2v) is 5.54. The summed E-state index contributed by atoms with van der Waals surface area (Å²) in [5, 5.41) is 2.86. The number of carbonyl (C=O) groups excluding carboxylic acids is 1. The topological polar surface area (TPSA) is 46.9 Å². The summed E-state index contributed by atoms with van der Waals surface area (Å²) in [4.78, 5) is 16.3. The van der Waals surface area contributed by atoms with Crippen LogP contribution in [-0.4, -0.2) is 15.5 Å². The molecule has 1 amide bonds. The fourth-order valence-corrected chi connectivity index (χ4v) is 2.52. The molecule has 0 radical (unpaired) electrons. The van der Waals surface area contributed by atoms with Crippen molar-refractivity contribution in [2.45, 2.75) is 26.4 Å². The highest BCUT2D eigenvalue weighted by Gasteiger charge is 2.06. The summed E-state index contributed by atoms with van der Waals surface area (Å²) in [5.74, 6) is -0.267. The lowest BCUT2D eigenvalue weighted by Gasteiger charge is -2.07. The summed E-state index contributed by atoms with van der Waals surface area (Å²) >= 11 is 0. The van der Waals surface area contributed by atoms with Crippen molar-refractivity contribution in [2.75, 3.05) is 0 Å². The molecule has 0 fully saturated rings. The van der Waals surface area contributed by atoms with Crippen LogP contribution in [0.1, 0.15) is 17.5 Å². The Balaban J connectivity index is 1.54. The van der Waals surface area contributed by atoms with Gasteiger partial charge in [-0.15, -0.1) is 0 Å². The summed E-state index contributed by atoms with van der Waals surface area (Å²) in [5.41, 5.74) is 3.43. The van der Waals surface area contributed by atoms with E-state index in [9.17, 15) is 9.18 Å². The Hall–Kier alpha value is -2.69. The van der Waals surface area contributed by atoms with Gasteiger partial charge in [-0.25, -0.2) is 9.37 Å². The zero-order valence-corrected chi connectivity index (χ0v) is 12.9. The molecule has 0 aliphatic rings. The average Bonchev–Trinajstić information content (AvgIpc) is 2.97. The first kappa shape index (κ1) is 15.2. The number of nitrogens with one attached hydrogen (secondary N) is 1. The third-order valence-electron chi connectivity index (χ3n) is 3.82. The first-order valence-corrected chi connectivity index (χ1v) is 7.55. The van der Waals surface area contributed by atoms with E-state index in [1.807, 2.05) is 28.8 Å². The van der Waals surface area contributed by atoms with Crippen molar-refractivity contribution in [2.24, 2.45) is 0 Å². The van der Waals surface area contributed by atoms with Crippen molar-refractivity contribution in [3.8, 4) is 0 Å². The third kappa shape index (κ3) is 3.56. The summed E-state index contributed by atoms with van der Waals surface area (Å²) < 4.78 is 15.2. The number of hydrogen-bond acceptors (Lipinski definition) is 2. The number of amides is 1. The Kier molecular flexibility index (Phi) is 4.37. The van der Waals surface area contributed by atoms with Gasteiger partial charge in [-0.2, -0.15) is 0 Å². The molecule has 5 heteroatoms. The number of fused-ring (bicyclic) bond motifs is 1. The second kappa shape index (κ2) is 6.60. The van der Waals surface area contributed by atoms with E-state index in [2.05, 4.69) is 10.3 Å². The van der Waals surface area contributed by atoms with Crippen molar-refractivity contribution >= 4 is 16.9 Å². The molecule has 0 aliphatic carbocycles. The van der Waals surface area contributed by atoms with Crippen LogP contribution in [0.2, 0.25) is 0 Å². The van der Waals surface area contributed by atoms with E-state index < -0.39 is 0 Å². The summed E-state index contributed by atoms with van der Waals surface area (Å²) in [6, 6.07) is 12.7. The molecule has 118 valence electrons. The molecule has 3 rings (SSSR count). The Labute approximate surface area is 134 Å². The van der Waals surface area contributed by atoms with E-state index in [0.717, 1.165) is 16.6 Å². The largest absolute Gasteiger partial charge is 0.352 e. The normalized spacial score (nSPS) is 10.9. The smallest absolute Gasteiger partial charge is 0.222 e. The maximum Gasteiger partial charge on any atom is 0.222 e. The molecule has 0 saturated carbocycles. The van der Waals surface area contributed by atoms with Crippen LogP contribution in [0.4, 0.5) is 4.39 Å². The van der Waals surface area contributed by atoms with E-state index in [-0.39, 0.29) is 11.7 Å². The average molecular weight is 311 g/mol. The van der Waals surface area contributed by atoms with E-state index in [0.29, 0.717) is 25.1 Å². The van der Waals surface area contributed by atoms with E-state index in [1.165, 1.54) is 6.07 Å². The molecular formula is C18H18FN3O. The number of carbonyl (C=O) groups is 1. The molecule has 23 heavy (non-hydrogen) atoms. The number of rotatable bonds is 5. The number of halogens is 1. The van der Waals surface area contributed by atoms with E-state index >= 15 is 0 Å². The first-order valence-electron chi connectivity index (χ1n) is 7.55. The van der Waals surface area contributed by atoms with Crippen LogP contribution in [-0.2, 0) is 17.9 Å². The molecule has 2 aromatic carbocycles. The van der Waals surface area contributed by atoms with Crippen LogP contribution < -0.4 is 5.32 Å². The SMILES string of the molecule is Cc1cc(CNC(=O)CCn2cnc3ccccc32)ccc1F. The van der Waals surface area contributed by atoms with Crippen LogP contribution in [0.25, 0.3) is 11.0 Å². The van der Waals surface area contributed by atoms with Gasteiger partial charge >= 0.3 is 0 Å². The molecule has 1 N–H and O–H groups in total. The predicted octanol–water partition coefficient (Wildman–Crippen LogP) is 3.19. The highest BCUT2D eigenvalue weighted by molar-refractivity contribution is 5.77. The summed E-state index contributed by atoms with van der Waals surface area (Å²) in [6.45, 7) is 2.70. The quantitative estimate of drug-likeness (QED) is 0.786. The Morgan fingerprint density at radius 3 is 2.91 bits per heavy atom.